The Labute approximate surface area is 162 Å². The van der Waals surface area contributed by atoms with E-state index in [0.717, 1.165) is 10.6 Å². The van der Waals surface area contributed by atoms with Gasteiger partial charge in [0.2, 0.25) is 0 Å². The highest BCUT2D eigenvalue weighted by atomic mass is 32.1. The SMILES string of the molecule is CNc1sc(C(=O)N[C@@H](C[C@@H](F)C(=O)OC(C)C)C(=O)OC(C)C)cc1C. The van der Waals surface area contributed by atoms with Crippen LogP contribution in [0.2, 0.25) is 0 Å². The van der Waals surface area contributed by atoms with Crippen LogP contribution in [0.25, 0.3) is 0 Å². The van der Waals surface area contributed by atoms with E-state index in [1.165, 1.54) is 11.3 Å². The van der Waals surface area contributed by atoms with Gasteiger partial charge in [0.15, 0.2) is 6.17 Å². The Kier molecular flexibility index (Phi) is 8.68. The first-order valence-electron chi connectivity index (χ1n) is 8.69. The summed E-state index contributed by atoms with van der Waals surface area (Å²) in [5.41, 5.74) is 0.873. The summed E-state index contributed by atoms with van der Waals surface area (Å²) in [5.74, 6) is -2.42. The fourth-order valence-electron chi connectivity index (χ4n) is 2.21. The van der Waals surface area contributed by atoms with Gasteiger partial charge in [-0.3, -0.25) is 4.79 Å². The Morgan fingerprint density at radius 2 is 1.67 bits per heavy atom. The van der Waals surface area contributed by atoms with Crippen LogP contribution in [0.1, 0.15) is 49.4 Å². The first-order valence-corrected chi connectivity index (χ1v) is 9.50. The molecule has 152 valence electrons. The van der Waals surface area contributed by atoms with Gasteiger partial charge in [-0.15, -0.1) is 11.3 Å². The van der Waals surface area contributed by atoms with Crippen molar-refractivity contribution in [1.29, 1.82) is 0 Å². The van der Waals surface area contributed by atoms with Crippen LogP contribution in [0.3, 0.4) is 0 Å². The van der Waals surface area contributed by atoms with Crippen molar-refractivity contribution in [3.05, 3.63) is 16.5 Å². The van der Waals surface area contributed by atoms with E-state index in [2.05, 4.69) is 10.6 Å². The summed E-state index contributed by atoms with van der Waals surface area (Å²) >= 11 is 1.21. The average molecular weight is 402 g/mol. The monoisotopic (exact) mass is 402 g/mol. The Balaban J connectivity index is 2.91. The molecule has 0 saturated heterocycles. The molecule has 0 unspecified atom stereocenters. The van der Waals surface area contributed by atoms with Crippen LogP contribution < -0.4 is 10.6 Å². The molecule has 7 nitrogen and oxygen atoms in total. The molecule has 2 N–H and O–H groups in total. The fraction of sp³-hybridized carbons (Fsp3) is 0.611. The Morgan fingerprint density at radius 3 is 2.15 bits per heavy atom. The number of aryl methyl sites for hydroxylation is 1. The summed E-state index contributed by atoms with van der Waals surface area (Å²) in [6.07, 6.45) is -3.56. The molecular formula is C18H27FN2O5S. The second-order valence-corrected chi connectivity index (χ2v) is 7.63. The van der Waals surface area contributed by atoms with Crippen molar-refractivity contribution in [1.82, 2.24) is 5.32 Å². The summed E-state index contributed by atoms with van der Waals surface area (Å²) in [6, 6.07) is 0.353. The molecule has 0 aliphatic heterocycles. The van der Waals surface area contributed by atoms with E-state index in [1.807, 2.05) is 6.92 Å². The second kappa shape index (κ2) is 10.2. The molecular weight excluding hydrogens is 375 g/mol. The molecule has 0 aliphatic carbocycles. The molecule has 1 aromatic heterocycles. The van der Waals surface area contributed by atoms with E-state index >= 15 is 0 Å². The van der Waals surface area contributed by atoms with Gasteiger partial charge >= 0.3 is 11.9 Å². The predicted octanol–water partition coefficient (Wildman–Crippen LogP) is 2.83. The predicted molar refractivity (Wildman–Crippen MR) is 102 cm³/mol. The number of esters is 2. The molecule has 1 rings (SSSR count). The molecule has 0 radical (unpaired) electrons. The van der Waals surface area contributed by atoms with Crippen LogP contribution in [0.4, 0.5) is 9.39 Å². The van der Waals surface area contributed by atoms with Gasteiger partial charge in [-0.25, -0.2) is 14.0 Å². The molecule has 0 bridgehead atoms. The average Bonchev–Trinajstić information content (AvgIpc) is 2.93. The normalized spacial score (nSPS) is 13.2. The highest BCUT2D eigenvalue weighted by molar-refractivity contribution is 7.18. The van der Waals surface area contributed by atoms with Gasteiger partial charge in [0, 0.05) is 13.5 Å². The zero-order valence-electron chi connectivity index (χ0n) is 16.4. The quantitative estimate of drug-likeness (QED) is 0.617. The topological polar surface area (TPSA) is 93.7 Å². The lowest BCUT2D eigenvalue weighted by Crippen LogP contribution is -2.45. The maximum absolute atomic E-state index is 14.2. The van der Waals surface area contributed by atoms with Gasteiger partial charge in [-0.05, 0) is 46.2 Å². The lowest BCUT2D eigenvalue weighted by molar-refractivity contribution is -0.155. The molecule has 2 atom stereocenters. The lowest BCUT2D eigenvalue weighted by Gasteiger charge is -2.20. The van der Waals surface area contributed by atoms with Crippen molar-refractivity contribution in [2.45, 2.75) is 65.5 Å². The number of anilines is 1. The van der Waals surface area contributed by atoms with Crippen LogP contribution in [-0.4, -0.2) is 49.3 Å². The standard InChI is InChI=1S/C18H27FN2O5S/c1-9(2)25-17(23)12(19)8-13(18(24)26-10(3)4)21-15(22)14-7-11(5)16(20-6)27-14/h7,9-10,12-13,20H,8H2,1-6H3,(H,21,22)/t12-,13+/m1/s1. The number of thiophene rings is 1. The van der Waals surface area contributed by atoms with E-state index in [9.17, 15) is 18.8 Å². The third-order valence-corrected chi connectivity index (χ3v) is 4.61. The maximum atomic E-state index is 14.2. The third kappa shape index (κ3) is 7.16. The lowest BCUT2D eigenvalue weighted by atomic mass is 10.1. The second-order valence-electron chi connectivity index (χ2n) is 6.57. The summed E-state index contributed by atoms with van der Waals surface area (Å²) in [7, 11) is 1.73. The molecule has 27 heavy (non-hydrogen) atoms. The largest absolute Gasteiger partial charge is 0.461 e. The Bertz CT molecular complexity index is 675. The van der Waals surface area contributed by atoms with Crippen molar-refractivity contribution >= 4 is 34.2 Å². The van der Waals surface area contributed by atoms with Crippen LogP contribution >= 0.6 is 11.3 Å². The number of nitrogens with one attached hydrogen (secondary N) is 2. The summed E-state index contributed by atoms with van der Waals surface area (Å²) in [4.78, 5) is 36.8. The smallest absolute Gasteiger partial charge is 0.341 e. The molecule has 1 amide bonds. The van der Waals surface area contributed by atoms with Crippen molar-refractivity contribution in [2.75, 3.05) is 12.4 Å². The number of ether oxygens (including phenoxy) is 2. The van der Waals surface area contributed by atoms with Crippen LogP contribution in [0.15, 0.2) is 6.07 Å². The highest BCUT2D eigenvalue weighted by Crippen LogP contribution is 2.27. The molecule has 9 heteroatoms. The molecule has 1 heterocycles. The number of amides is 1. The van der Waals surface area contributed by atoms with E-state index in [1.54, 1.807) is 40.8 Å². The first kappa shape index (κ1) is 22.9. The zero-order chi connectivity index (χ0) is 20.7. The molecule has 0 aromatic carbocycles. The van der Waals surface area contributed by atoms with Crippen molar-refractivity contribution in [3.8, 4) is 0 Å². The molecule has 0 spiro atoms. The molecule has 0 saturated carbocycles. The molecule has 0 aliphatic rings. The number of rotatable bonds is 9. The maximum Gasteiger partial charge on any atom is 0.341 e. The van der Waals surface area contributed by atoms with Crippen LogP contribution in [-0.2, 0) is 19.1 Å². The van der Waals surface area contributed by atoms with Crippen molar-refractivity contribution in [2.24, 2.45) is 0 Å². The minimum Gasteiger partial charge on any atom is -0.461 e. The number of carbonyl (C=O) groups excluding carboxylic acids is 3. The highest BCUT2D eigenvalue weighted by Gasteiger charge is 2.32. The zero-order valence-corrected chi connectivity index (χ0v) is 17.2. The van der Waals surface area contributed by atoms with Gasteiger partial charge in [0.1, 0.15) is 6.04 Å². The third-order valence-electron chi connectivity index (χ3n) is 3.36. The van der Waals surface area contributed by atoms with Gasteiger partial charge in [0.25, 0.3) is 5.91 Å². The van der Waals surface area contributed by atoms with Crippen molar-refractivity contribution < 1.29 is 28.2 Å². The summed E-state index contributed by atoms with van der Waals surface area (Å²) in [5, 5.41) is 6.24. The van der Waals surface area contributed by atoms with Gasteiger partial charge < -0.3 is 20.1 Å². The van der Waals surface area contributed by atoms with Crippen molar-refractivity contribution in [3.63, 3.8) is 0 Å². The Morgan fingerprint density at radius 1 is 1.11 bits per heavy atom. The number of carbonyl (C=O) groups is 3. The minimum atomic E-state index is -2.06. The van der Waals surface area contributed by atoms with Gasteiger partial charge in [0.05, 0.1) is 22.1 Å². The fourth-order valence-corrected chi connectivity index (χ4v) is 3.14. The molecule has 1 aromatic rings. The number of hydrogen-bond acceptors (Lipinski definition) is 7. The van der Waals surface area contributed by atoms with Gasteiger partial charge in [-0.1, -0.05) is 0 Å². The molecule has 0 fully saturated rings. The first-order chi connectivity index (χ1) is 12.5. The van der Waals surface area contributed by atoms with E-state index in [0.29, 0.717) is 4.88 Å². The van der Waals surface area contributed by atoms with E-state index in [-0.39, 0.29) is 0 Å². The van der Waals surface area contributed by atoms with E-state index in [4.69, 9.17) is 9.47 Å². The number of hydrogen-bond donors (Lipinski definition) is 2. The number of halogens is 1. The van der Waals surface area contributed by atoms with Crippen LogP contribution in [0, 0.1) is 6.92 Å². The minimum absolute atomic E-state index is 0.361. The number of alkyl halides is 1. The van der Waals surface area contributed by atoms with E-state index < -0.39 is 48.7 Å². The van der Waals surface area contributed by atoms with Crippen LogP contribution in [0.5, 0.6) is 0 Å². The van der Waals surface area contributed by atoms with Gasteiger partial charge in [-0.2, -0.15) is 0 Å². The Hall–Kier alpha value is -2.16. The summed E-state index contributed by atoms with van der Waals surface area (Å²) < 4.78 is 24.1. The summed E-state index contributed by atoms with van der Waals surface area (Å²) in [6.45, 7) is 8.30.